The average Bonchev–Trinajstić information content (AvgIpc) is 2.44. The predicted octanol–water partition coefficient (Wildman–Crippen LogP) is 2.62. The molecule has 2 rings (SSSR count). The molecule has 1 aliphatic rings. The quantitative estimate of drug-likeness (QED) is 0.901. The molecule has 4 nitrogen and oxygen atoms in total. The second-order valence-corrected chi connectivity index (χ2v) is 6.19. The molecule has 1 aliphatic heterocycles. The summed E-state index contributed by atoms with van der Waals surface area (Å²) in [6, 6.07) is 5.09. The van der Waals surface area contributed by atoms with Gasteiger partial charge in [-0.25, -0.2) is 0 Å². The number of anilines is 1. The first-order valence-corrected chi connectivity index (χ1v) is 7.39. The van der Waals surface area contributed by atoms with Crippen LogP contribution in [0, 0.1) is 0 Å². The normalized spacial score (nSPS) is 17.0. The molecule has 0 radical (unpaired) electrons. The lowest BCUT2D eigenvalue weighted by atomic mass is 10.0. The van der Waals surface area contributed by atoms with Gasteiger partial charge in [-0.1, -0.05) is 23.2 Å². The van der Waals surface area contributed by atoms with Crippen molar-refractivity contribution in [3.8, 4) is 0 Å². The van der Waals surface area contributed by atoms with Crippen LogP contribution < -0.4 is 10.6 Å². The van der Waals surface area contributed by atoms with Gasteiger partial charge in [0.15, 0.2) is 0 Å². The third-order valence-electron chi connectivity index (χ3n) is 3.64. The van der Waals surface area contributed by atoms with Crippen molar-refractivity contribution in [1.29, 1.82) is 0 Å². The van der Waals surface area contributed by atoms with Gasteiger partial charge in [0.1, 0.15) is 0 Å². The number of nitrogens with one attached hydrogen (secondary N) is 2. The van der Waals surface area contributed by atoms with E-state index in [2.05, 4.69) is 15.5 Å². The fourth-order valence-electron chi connectivity index (χ4n) is 2.23. The van der Waals surface area contributed by atoms with E-state index >= 15 is 0 Å². The summed E-state index contributed by atoms with van der Waals surface area (Å²) in [4.78, 5) is 14.7. The summed E-state index contributed by atoms with van der Waals surface area (Å²) < 4.78 is 0. The van der Waals surface area contributed by atoms with Crippen molar-refractivity contribution in [3.63, 3.8) is 0 Å². The summed E-state index contributed by atoms with van der Waals surface area (Å²) in [5.74, 6) is -0.0437. The third-order valence-corrected chi connectivity index (χ3v) is 4.38. The standard InChI is InChI=1S/C14H19Cl2N3O/c1-14(2,19-7-5-17-6-8-19)13(20)18-10-3-4-11(15)12(16)9-10/h3-4,9,17H,5-8H2,1-2H3,(H,18,20). The van der Waals surface area contributed by atoms with Crippen molar-refractivity contribution in [3.05, 3.63) is 28.2 Å². The Kier molecular flexibility index (Phi) is 4.91. The molecule has 0 atom stereocenters. The third kappa shape index (κ3) is 3.44. The van der Waals surface area contributed by atoms with E-state index in [-0.39, 0.29) is 5.91 Å². The highest BCUT2D eigenvalue weighted by Gasteiger charge is 2.35. The number of amides is 1. The first-order valence-electron chi connectivity index (χ1n) is 6.63. The first kappa shape index (κ1) is 15.6. The van der Waals surface area contributed by atoms with Crippen molar-refractivity contribution in [1.82, 2.24) is 10.2 Å². The molecule has 1 amide bonds. The van der Waals surface area contributed by atoms with Gasteiger partial charge in [-0.15, -0.1) is 0 Å². The highest BCUT2D eigenvalue weighted by molar-refractivity contribution is 6.42. The van der Waals surface area contributed by atoms with Gasteiger partial charge in [-0.05, 0) is 32.0 Å². The number of nitrogens with zero attached hydrogens (tertiary/aromatic N) is 1. The molecule has 1 aromatic carbocycles. The van der Waals surface area contributed by atoms with E-state index in [4.69, 9.17) is 23.2 Å². The van der Waals surface area contributed by atoms with Crippen molar-refractivity contribution in [2.45, 2.75) is 19.4 Å². The van der Waals surface area contributed by atoms with Crippen molar-refractivity contribution >= 4 is 34.8 Å². The molecule has 20 heavy (non-hydrogen) atoms. The van der Waals surface area contributed by atoms with Crippen molar-refractivity contribution < 1.29 is 4.79 Å². The number of carbonyl (C=O) groups is 1. The zero-order valence-electron chi connectivity index (χ0n) is 11.7. The summed E-state index contributed by atoms with van der Waals surface area (Å²) in [6.45, 7) is 7.41. The topological polar surface area (TPSA) is 44.4 Å². The van der Waals surface area contributed by atoms with Gasteiger partial charge in [0.2, 0.25) is 5.91 Å². The Morgan fingerprint density at radius 3 is 2.50 bits per heavy atom. The average molecular weight is 316 g/mol. The number of hydrogen-bond donors (Lipinski definition) is 2. The van der Waals surface area contributed by atoms with Crippen LogP contribution in [0.1, 0.15) is 13.8 Å². The molecule has 1 aromatic rings. The molecule has 1 heterocycles. The van der Waals surface area contributed by atoms with E-state index in [9.17, 15) is 4.79 Å². The van der Waals surface area contributed by atoms with Crippen LogP contribution in [0.3, 0.4) is 0 Å². The van der Waals surface area contributed by atoms with E-state index in [0.717, 1.165) is 26.2 Å². The van der Waals surface area contributed by atoms with E-state index in [0.29, 0.717) is 15.7 Å². The zero-order chi connectivity index (χ0) is 14.8. The van der Waals surface area contributed by atoms with Crippen molar-refractivity contribution in [2.75, 3.05) is 31.5 Å². The van der Waals surface area contributed by atoms with Gasteiger partial charge in [0.05, 0.1) is 15.6 Å². The van der Waals surface area contributed by atoms with Crippen LogP contribution in [-0.2, 0) is 4.79 Å². The first-order chi connectivity index (χ1) is 9.41. The number of hydrogen-bond acceptors (Lipinski definition) is 3. The Bertz CT molecular complexity index is 499. The number of carbonyl (C=O) groups excluding carboxylic acids is 1. The van der Waals surface area contributed by atoms with Gasteiger partial charge in [0.25, 0.3) is 0 Å². The van der Waals surface area contributed by atoms with Crippen LogP contribution in [-0.4, -0.2) is 42.5 Å². The maximum Gasteiger partial charge on any atom is 0.244 e. The van der Waals surface area contributed by atoms with Crippen molar-refractivity contribution in [2.24, 2.45) is 0 Å². The summed E-state index contributed by atoms with van der Waals surface area (Å²) >= 11 is 11.8. The summed E-state index contributed by atoms with van der Waals surface area (Å²) in [7, 11) is 0. The molecule has 0 aliphatic carbocycles. The number of halogens is 2. The monoisotopic (exact) mass is 315 g/mol. The minimum atomic E-state index is -0.561. The summed E-state index contributed by atoms with van der Waals surface area (Å²) in [5, 5.41) is 7.10. The number of rotatable bonds is 3. The highest BCUT2D eigenvalue weighted by atomic mass is 35.5. The van der Waals surface area contributed by atoms with Crippen LogP contribution >= 0.6 is 23.2 Å². The van der Waals surface area contributed by atoms with Gasteiger partial charge in [-0.3, -0.25) is 9.69 Å². The lowest BCUT2D eigenvalue weighted by Crippen LogP contribution is -2.58. The Morgan fingerprint density at radius 2 is 1.90 bits per heavy atom. The Morgan fingerprint density at radius 1 is 1.25 bits per heavy atom. The fraction of sp³-hybridized carbons (Fsp3) is 0.500. The van der Waals surface area contributed by atoms with Gasteiger partial charge in [0, 0.05) is 31.9 Å². The van der Waals surface area contributed by atoms with E-state index in [1.165, 1.54) is 0 Å². The number of benzene rings is 1. The molecule has 0 aromatic heterocycles. The molecule has 2 N–H and O–H groups in total. The lowest BCUT2D eigenvalue weighted by Gasteiger charge is -2.39. The molecule has 0 unspecified atom stereocenters. The molecule has 0 bridgehead atoms. The van der Waals surface area contributed by atoms with Crippen LogP contribution in [0.25, 0.3) is 0 Å². The molecule has 0 saturated carbocycles. The van der Waals surface area contributed by atoms with Crippen LogP contribution in [0.4, 0.5) is 5.69 Å². The lowest BCUT2D eigenvalue weighted by molar-refractivity contribution is -0.126. The highest BCUT2D eigenvalue weighted by Crippen LogP contribution is 2.26. The smallest absolute Gasteiger partial charge is 0.244 e. The Balaban J connectivity index is 2.07. The minimum absolute atomic E-state index is 0.0437. The maximum atomic E-state index is 12.5. The van der Waals surface area contributed by atoms with Crippen LogP contribution in [0.5, 0.6) is 0 Å². The van der Waals surface area contributed by atoms with Crippen LogP contribution in [0.2, 0.25) is 10.0 Å². The molecular formula is C14H19Cl2N3O. The van der Waals surface area contributed by atoms with E-state index in [1.54, 1.807) is 18.2 Å². The van der Waals surface area contributed by atoms with Gasteiger partial charge < -0.3 is 10.6 Å². The number of piperazine rings is 1. The Labute approximate surface area is 129 Å². The second-order valence-electron chi connectivity index (χ2n) is 5.38. The molecule has 6 heteroatoms. The Hall–Kier alpha value is -0.810. The predicted molar refractivity (Wildman–Crippen MR) is 83.6 cm³/mol. The van der Waals surface area contributed by atoms with Gasteiger partial charge in [-0.2, -0.15) is 0 Å². The molecule has 0 spiro atoms. The van der Waals surface area contributed by atoms with Crippen LogP contribution in [0.15, 0.2) is 18.2 Å². The second kappa shape index (κ2) is 6.31. The molecule has 110 valence electrons. The summed E-state index contributed by atoms with van der Waals surface area (Å²) in [5.41, 5.74) is 0.0985. The largest absolute Gasteiger partial charge is 0.324 e. The van der Waals surface area contributed by atoms with E-state index < -0.39 is 5.54 Å². The van der Waals surface area contributed by atoms with Gasteiger partial charge >= 0.3 is 0 Å². The molecule has 1 saturated heterocycles. The van der Waals surface area contributed by atoms with E-state index in [1.807, 2.05) is 13.8 Å². The summed E-state index contributed by atoms with van der Waals surface area (Å²) in [6.07, 6.45) is 0. The maximum absolute atomic E-state index is 12.5. The molecule has 1 fully saturated rings. The minimum Gasteiger partial charge on any atom is -0.324 e. The fourth-order valence-corrected chi connectivity index (χ4v) is 2.52. The SMILES string of the molecule is CC(C)(C(=O)Nc1ccc(Cl)c(Cl)c1)N1CCNCC1. The molecular weight excluding hydrogens is 297 g/mol. The zero-order valence-corrected chi connectivity index (χ0v) is 13.2.